The van der Waals surface area contributed by atoms with Crippen molar-refractivity contribution in [1.82, 2.24) is 5.32 Å². The minimum atomic E-state index is 0.866. The predicted molar refractivity (Wildman–Crippen MR) is 69.6 cm³/mol. The molecule has 0 aliphatic carbocycles. The van der Waals surface area contributed by atoms with E-state index in [0.717, 1.165) is 24.7 Å². The Hall–Kier alpha value is -1.02. The minimum Gasteiger partial charge on any atom is -0.493 e. The Morgan fingerprint density at radius 3 is 3.24 bits per heavy atom. The van der Waals surface area contributed by atoms with E-state index in [1.807, 2.05) is 0 Å². The van der Waals surface area contributed by atoms with Gasteiger partial charge in [-0.15, -0.1) is 0 Å². The van der Waals surface area contributed by atoms with Crippen LogP contribution in [-0.2, 0) is 12.8 Å². The van der Waals surface area contributed by atoms with Crippen molar-refractivity contribution in [3.63, 3.8) is 0 Å². The first-order valence-corrected chi connectivity index (χ1v) is 6.87. The highest BCUT2D eigenvalue weighted by molar-refractivity contribution is 5.39. The zero-order chi connectivity index (χ0) is 11.5. The SMILES string of the molecule is c1cc2c(cc1CCC1CCCNC1)CCO2. The molecule has 0 radical (unpaired) electrons. The van der Waals surface area contributed by atoms with Crippen molar-refractivity contribution in [2.75, 3.05) is 19.7 Å². The summed E-state index contributed by atoms with van der Waals surface area (Å²) in [6.45, 7) is 3.30. The zero-order valence-electron chi connectivity index (χ0n) is 10.4. The summed E-state index contributed by atoms with van der Waals surface area (Å²) in [6.07, 6.45) is 6.39. The number of ether oxygens (including phenoxy) is 1. The molecular formula is C15H21NO. The maximum absolute atomic E-state index is 5.54. The fourth-order valence-corrected chi connectivity index (χ4v) is 2.94. The highest BCUT2D eigenvalue weighted by atomic mass is 16.5. The largest absolute Gasteiger partial charge is 0.493 e. The lowest BCUT2D eigenvalue weighted by atomic mass is 9.92. The maximum Gasteiger partial charge on any atom is 0.122 e. The third-order valence-corrected chi connectivity index (χ3v) is 3.99. The summed E-state index contributed by atoms with van der Waals surface area (Å²) in [5.74, 6) is 1.99. The quantitative estimate of drug-likeness (QED) is 0.863. The van der Waals surface area contributed by atoms with E-state index in [0.29, 0.717) is 0 Å². The van der Waals surface area contributed by atoms with Gasteiger partial charge in [-0.05, 0) is 61.9 Å². The Morgan fingerprint density at radius 2 is 2.35 bits per heavy atom. The van der Waals surface area contributed by atoms with E-state index in [1.54, 1.807) is 0 Å². The van der Waals surface area contributed by atoms with Gasteiger partial charge in [0.25, 0.3) is 0 Å². The minimum absolute atomic E-state index is 0.866. The molecule has 2 heterocycles. The van der Waals surface area contributed by atoms with Gasteiger partial charge in [-0.1, -0.05) is 12.1 Å². The highest BCUT2D eigenvalue weighted by Crippen LogP contribution is 2.27. The summed E-state index contributed by atoms with van der Waals surface area (Å²) in [6, 6.07) is 6.73. The van der Waals surface area contributed by atoms with E-state index in [-0.39, 0.29) is 0 Å². The lowest BCUT2D eigenvalue weighted by Gasteiger charge is -2.22. The molecule has 1 saturated heterocycles. The summed E-state index contributed by atoms with van der Waals surface area (Å²) in [5.41, 5.74) is 2.89. The van der Waals surface area contributed by atoms with Crippen LogP contribution in [0.2, 0.25) is 0 Å². The van der Waals surface area contributed by atoms with Gasteiger partial charge in [-0.25, -0.2) is 0 Å². The molecule has 1 aromatic carbocycles. The van der Waals surface area contributed by atoms with E-state index in [2.05, 4.69) is 23.5 Å². The van der Waals surface area contributed by atoms with Gasteiger partial charge >= 0.3 is 0 Å². The van der Waals surface area contributed by atoms with Gasteiger partial charge in [0.05, 0.1) is 6.61 Å². The highest BCUT2D eigenvalue weighted by Gasteiger charge is 2.14. The summed E-state index contributed by atoms with van der Waals surface area (Å²) >= 11 is 0. The van der Waals surface area contributed by atoms with Gasteiger partial charge in [0, 0.05) is 6.42 Å². The van der Waals surface area contributed by atoms with Gasteiger partial charge in [-0.3, -0.25) is 0 Å². The van der Waals surface area contributed by atoms with Crippen LogP contribution in [-0.4, -0.2) is 19.7 Å². The van der Waals surface area contributed by atoms with Crippen LogP contribution in [0.25, 0.3) is 0 Å². The third kappa shape index (κ3) is 2.63. The summed E-state index contributed by atoms with van der Waals surface area (Å²) in [7, 11) is 0. The molecular weight excluding hydrogens is 210 g/mol. The fourth-order valence-electron chi connectivity index (χ4n) is 2.94. The third-order valence-electron chi connectivity index (χ3n) is 3.99. The molecule has 2 aliphatic rings. The number of piperidine rings is 1. The fraction of sp³-hybridized carbons (Fsp3) is 0.600. The number of benzene rings is 1. The average Bonchev–Trinajstić information content (AvgIpc) is 2.85. The first-order chi connectivity index (χ1) is 8.42. The lowest BCUT2D eigenvalue weighted by molar-refractivity contribution is 0.356. The zero-order valence-corrected chi connectivity index (χ0v) is 10.4. The molecule has 92 valence electrons. The number of fused-ring (bicyclic) bond motifs is 1. The summed E-state index contributed by atoms with van der Waals surface area (Å²) < 4.78 is 5.54. The van der Waals surface area contributed by atoms with Gasteiger partial charge in [0.2, 0.25) is 0 Å². The number of hydrogen-bond donors (Lipinski definition) is 1. The van der Waals surface area contributed by atoms with Crippen LogP contribution < -0.4 is 10.1 Å². The lowest BCUT2D eigenvalue weighted by Crippen LogP contribution is -2.29. The molecule has 1 unspecified atom stereocenters. The average molecular weight is 231 g/mol. The van der Waals surface area contributed by atoms with Crippen LogP contribution in [0.15, 0.2) is 18.2 Å². The Morgan fingerprint density at radius 1 is 1.35 bits per heavy atom. The van der Waals surface area contributed by atoms with Crippen molar-refractivity contribution in [2.45, 2.75) is 32.1 Å². The summed E-state index contributed by atoms with van der Waals surface area (Å²) in [4.78, 5) is 0. The van der Waals surface area contributed by atoms with Crippen LogP contribution in [0, 0.1) is 5.92 Å². The molecule has 0 saturated carbocycles. The normalized spacial score (nSPS) is 23.2. The second-order valence-corrected chi connectivity index (χ2v) is 5.29. The predicted octanol–water partition coefficient (Wildman–Crippen LogP) is 2.55. The molecule has 1 atom stereocenters. The number of rotatable bonds is 3. The van der Waals surface area contributed by atoms with Gasteiger partial charge in [-0.2, -0.15) is 0 Å². The van der Waals surface area contributed by atoms with Crippen molar-refractivity contribution in [3.05, 3.63) is 29.3 Å². The first kappa shape index (κ1) is 11.1. The van der Waals surface area contributed by atoms with Gasteiger partial charge in [0.1, 0.15) is 5.75 Å². The van der Waals surface area contributed by atoms with E-state index in [4.69, 9.17) is 4.74 Å². The molecule has 2 nitrogen and oxygen atoms in total. The van der Waals surface area contributed by atoms with Crippen LogP contribution in [0.1, 0.15) is 30.4 Å². The molecule has 1 fully saturated rings. The van der Waals surface area contributed by atoms with Crippen molar-refractivity contribution in [3.8, 4) is 5.75 Å². The van der Waals surface area contributed by atoms with Gasteiger partial charge in [0.15, 0.2) is 0 Å². The second-order valence-electron chi connectivity index (χ2n) is 5.29. The second kappa shape index (κ2) is 5.09. The van der Waals surface area contributed by atoms with Gasteiger partial charge < -0.3 is 10.1 Å². The van der Waals surface area contributed by atoms with E-state index < -0.39 is 0 Å². The standard InChI is InChI=1S/C15H21NO/c1-2-13(11-16-8-1)4-3-12-5-6-15-14(10-12)7-9-17-15/h5-6,10,13,16H,1-4,7-9,11H2. The molecule has 17 heavy (non-hydrogen) atoms. The molecule has 3 rings (SSSR count). The Labute approximate surface area is 103 Å². The molecule has 1 N–H and O–H groups in total. The smallest absolute Gasteiger partial charge is 0.122 e. The van der Waals surface area contributed by atoms with Crippen molar-refractivity contribution < 1.29 is 4.74 Å². The van der Waals surface area contributed by atoms with Crippen molar-refractivity contribution >= 4 is 0 Å². The molecule has 0 bridgehead atoms. The Balaban J connectivity index is 1.57. The van der Waals surface area contributed by atoms with E-state index in [9.17, 15) is 0 Å². The number of nitrogens with one attached hydrogen (secondary N) is 1. The Bertz CT molecular complexity index is 383. The maximum atomic E-state index is 5.54. The molecule has 0 amide bonds. The Kier molecular flexibility index (Phi) is 3.32. The monoisotopic (exact) mass is 231 g/mol. The number of hydrogen-bond acceptors (Lipinski definition) is 2. The van der Waals surface area contributed by atoms with Crippen LogP contribution in [0.3, 0.4) is 0 Å². The molecule has 0 spiro atoms. The van der Waals surface area contributed by atoms with Crippen LogP contribution >= 0.6 is 0 Å². The first-order valence-electron chi connectivity index (χ1n) is 6.87. The van der Waals surface area contributed by atoms with E-state index >= 15 is 0 Å². The topological polar surface area (TPSA) is 21.3 Å². The van der Waals surface area contributed by atoms with Crippen molar-refractivity contribution in [1.29, 1.82) is 0 Å². The molecule has 1 aromatic rings. The molecule has 2 heteroatoms. The van der Waals surface area contributed by atoms with Crippen LogP contribution in [0.5, 0.6) is 5.75 Å². The molecule has 0 aromatic heterocycles. The molecule has 2 aliphatic heterocycles. The van der Waals surface area contributed by atoms with Crippen molar-refractivity contribution in [2.24, 2.45) is 5.92 Å². The van der Waals surface area contributed by atoms with Crippen LogP contribution in [0.4, 0.5) is 0 Å². The number of aryl methyl sites for hydroxylation is 1. The summed E-state index contributed by atoms with van der Waals surface area (Å²) in [5, 5.41) is 3.49. The van der Waals surface area contributed by atoms with E-state index in [1.165, 1.54) is 49.9 Å².